The third-order valence-electron chi connectivity index (χ3n) is 3.82. The smallest absolute Gasteiger partial charge is 0.262 e. The second-order valence-electron chi connectivity index (χ2n) is 5.33. The Morgan fingerprint density at radius 3 is 2.60 bits per heavy atom. The number of hydrogen-bond acceptors (Lipinski definition) is 4. The molecule has 0 amide bonds. The van der Waals surface area contributed by atoms with Gasteiger partial charge in [-0.05, 0) is 39.3 Å². The van der Waals surface area contributed by atoms with E-state index in [-0.39, 0.29) is 11.1 Å². The lowest BCUT2D eigenvalue weighted by atomic mass is 10.1. The fraction of sp³-hybridized carbons (Fsp3) is 0.769. The highest BCUT2D eigenvalue weighted by Crippen LogP contribution is 2.22. The van der Waals surface area contributed by atoms with Gasteiger partial charge in [0.25, 0.3) is 10.0 Å². The van der Waals surface area contributed by atoms with Crippen molar-refractivity contribution >= 4 is 10.0 Å². The van der Waals surface area contributed by atoms with Crippen LogP contribution >= 0.6 is 0 Å². The fourth-order valence-electron chi connectivity index (χ4n) is 2.58. The van der Waals surface area contributed by atoms with Crippen LogP contribution in [0.15, 0.2) is 11.2 Å². The lowest BCUT2D eigenvalue weighted by molar-refractivity contribution is 0.261. The van der Waals surface area contributed by atoms with Gasteiger partial charge < -0.3 is 9.88 Å². The summed E-state index contributed by atoms with van der Waals surface area (Å²) in [6.45, 7) is 6.13. The normalized spacial score (nSPS) is 17.8. The van der Waals surface area contributed by atoms with E-state index in [1.807, 2.05) is 20.9 Å². The number of rotatable bonds is 5. The second kappa shape index (κ2) is 6.24. The van der Waals surface area contributed by atoms with Crippen LogP contribution in [-0.2, 0) is 17.1 Å². The molecule has 7 heteroatoms. The molecule has 6 nitrogen and oxygen atoms in total. The number of imidazole rings is 1. The van der Waals surface area contributed by atoms with Gasteiger partial charge in [0.1, 0.15) is 5.82 Å². The third-order valence-corrected chi connectivity index (χ3v) is 5.64. The van der Waals surface area contributed by atoms with E-state index in [0.717, 1.165) is 32.4 Å². The SMILES string of the molecule is CCCN(C1CCNCC1)S(=O)(=O)c1cn(C)c(C)n1. The van der Waals surface area contributed by atoms with Crippen molar-refractivity contribution in [3.8, 4) is 0 Å². The van der Waals surface area contributed by atoms with Crippen molar-refractivity contribution in [2.45, 2.75) is 44.2 Å². The first-order chi connectivity index (χ1) is 9.46. The predicted octanol–water partition coefficient (Wildman–Crippen LogP) is 0.881. The van der Waals surface area contributed by atoms with Crippen molar-refractivity contribution in [3.63, 3.8) is 0 Å². The summed E-state index contributed by atoms with van der Waals surface area (Å²) in [4.78, 5) is 4.20. The molecule has 114 valence electrons. The lowest BCUT2D eigenvalue weighted by Gasteiger charge is -2.32. The number of nitrogens with zero attached hydrogens (tertiary/aromatic N) is 3. The van der Waals surface area contributed by atoms with E-state index < -0.39 is 10.0 Å². The first-order valence-corrected chi connectivity index (χ1v) is 8.63. The first-order valence-electron chi connectivity index (χ1n) is 7.19. The van der Waals surface area contributed by atoms with Gasteiger partial charge in [-0.1, -0.05) is 6.92 Å². The summed E-state index contributed by atoms with van der Waals surface area (Å²) < 4.78 is 29.0. The highest BCUT2D eigenvalue weighted by Gasteiger charge is 2.33. The van der Waals surface area contributed by atoms with Crippen LogP contribution in [0.3, 0.4) is 0 Å². The molecular formula is C13H24N4O2S. The zero-order valence-corrected chi connectivity index (χ0v) is 13.3. The van der Waals surface area contributed by atoms with Crippen LogP contribution in [0.2, 0.25) is 0 Å². The van der Waals surface area contributed by atoms with Crippen molar-refractivity contribution in [2.75, 3.05) is 19.6 Å². The second-order valence-corrected chi connectivity index (χ2v) is 7.17. The number of aromatic nitrogens is 2. The van der Waals surface area contributed by atoms with E-state index in [4.69, 9.17) is 0 Å². The Hall–Kier alpha value is -0.920. The molecule has 0 unspecified atom stereocenters. The largest absolute Gasteiger partial charge is 0.337 e. The molecule has 0 spiro atoms. The van der Waals surface area contributed by atoms with Gasteiger partial charge in [-0.15, -0.1) is 0 Å². The molecular weight excluding hydrogens is 276 g/mol. The molecule has 0 saturated carbocycles. The summed E-state index contributed by atoms with van der Waals surface area (Å²) in [5.41, 5.74) is 0. The van der Waals surface area contributed by atoms with Gasteiger partial charge in [0.15, 0.2) is 5.03 Å². The highest BCUT2D eigenvalue weighted by atomic mass is 32.2. The number of nitrogens with one attached hydrogen (secondary N) is 1. The maximum Gasteiger partial charge on any atom is 0.262 e. The zero-order chi connectivity index (χ0) is 14.8. The Morgan fingerprint density at radius 1 is 1.45 bits per heavy atom. The Balaban J connectivity index is 2.31. The topological polar surface area (TPSA) is 67.2 Å². The predicted molar refractivity (Wildman–Crippen MR) is 78.0 cm³/mol. The molecule has 0 aliphatic carbocycles. The average Bonchev–Trinajstić information content (AvgIpc) is 2.77. The maximum absolute atomic E-state index is 12.8. The van der Waals surface area contributed by atoms with E-state index in [2.05, 4.69) is 10.3 Å². The van der Waals surface area contributed by atoms with Crippen LogP contribution in [0.25, 0.3) is 0 Å². The molecule has 2 rings (SSSR count). The highest BCUT2D eigenvalue weighted by molar-refractivity contribution is 7.89. The van der Waals surface area contributed by atoms with Gasteiger partial charge in [-0.25, -0.2) is 13.4 Å². The van der Waals surface area contributed by atoms with Crippen molar-refractivity contribution in [3.05, 3.63) is 12.0 Å². The van der Waals surface area contributed by atoms with Crippen LogP contribution in [-0.4, -0.2) is 48.0 Å². The van der Waals surface area contributed by atoms with Gasteiger partial charge in [0, 0.05) is 25.8 Å². The monoisotopic (exact) mass is 300 g/mol. The number of aryl methyl sites for hydroxylation is 2. The summed E-state index contributed by atoms with van der Waals surface area (Å²) in [6.07, 6.45) is 4.15. The minimum atomic E-state index is -3.49. The molecule has 0 radical (unpaired) electrons. The van der Waals surface area contributed by atoms with Gasteiger partial charge in [0.2, 0.25) is 0 Å². The summed E-state index contributed by atoms with van der Waals surface area (Å²) in [5.74, 6) is 0.713. The van der Waals surface area contributed by atoms with E-state index in [9.17, 15) is 8.42 Å². The summed E-state index contributed by atoms with van der Waals surface area (Å²) in [6, 6.07) is 0.0866. The Kier molecular flexibility index (Phi) is 4.82. The standard InChI is InChI=1S/C13H24N4O2S/c1-4-9-17(12-5-7-14-8-6-12)20(18,19)13-10-16(3)11(2)15-13/h10,12,14H,4-9H2,1-3H3. The van der Waals surface area contributed by atoms with Crippen molar-refractivity contribution < 1.29 is 8.42 Å². The minimum Gasteiger partial charge on any atom is -0.337 e. The molecule has 1 aliphatic heterocycles. The van der Waals surface area contributed by atoms with Gasteiger partial charge >= 0.3 is 0 Å². The summed E-state index contributed by atoms with van der Waals surface area (Å²) >= 11 is 0. The molecule has 2 heterocycles. The van der Waals surface area contributed by atoms with Crippen LogP contribution in [0.1, 0.15) is 32.0 Å². The Bertz CT molecular complexity index is 527. The molecule has 0 bridgehead atoms. The van der Waals surface area contributed by atoms with E-state index in [0.29, 0.717) is 12.4 Å². The summed E-state index contributed by atoms with van der Waals surface area (Å²) in [5, 5.41) is 3.45. The van der Waals surface area contributed by atoms with Crippen molar-refractivity contribution in [2.24, 2.45) is 7.05 Å². The number of piperidine rings is 1. The Morgan fingerprint density at radius 2 is 2.10 bits per heavy atom. The molecule has 0 atom stereocenters. The molecule has 1 saturated heterocycles. The quantitative estimate of drug-likeness (QED) is 0.876. The van der Waals surface area contributed by atoms with Gasteiger partial charge in [0.05, 0.1) is 0 Å². The van der Waals surface area contributed by atoms with Crippen LogP contribution in [0, 0.1) is 6.92 Å². The molecule has 1 aliphatic rings. The Labute approximate surface area is 121 Å². The molecule has 1 aromatic heterocycles. The zero-order valence-electron chi connectivity index (χ0n) is 12.5. The number of sulfonamides is 1. The van der Waals surface area contributed by atoms with Gasteiger partial charge in [-0.2, -0.15) is 4.31 Å². The first kappa shape index (κ1) is 15.5. The lowest BCUT2D eigenvalue weighted by Crippen LogP contribution is -2.46. The molecule has 20 heavy (non-hydrogen) atoms. The maximum atomic E-state index is 12.8. The van der Waals surface area contributed by atoms with E-state index >= 15 is 0 Å². The molecule has 1 fully saturated rings. The summed E-state index contributed by atoms with van der Waals surface area (Å²) in [7, 11) is -1.68. The molecule has 1 N–H and O–H groups in total. The average molecular weight is 300 g/mol. The molecule has 1 aromatic rings. The fourth-order valence-corrected chi connectivity index (χ4v) is 4.39. The van der Waals surface area contributed by atoms with Gasteiger partial charge in [-0.3, -0.25) is 0 Å². The van der Waals surface area contributed by atoms with Crippen molar-refractivity contribution in [1.82, 2.24) is 19.2 Å². The van der Waals surface area contributed by atoms with Crippen LogP contribution in [0.4, 0.5) is 0 Å². The van der Waals surface area contributed by atoms with E-state index in [1.54, 1.807) is 15.1 Å². The molecule has 0 aromatic carbocycles. The van der Waals surface area contributed by atoms with Crippen molar-refractivity contribution in [1.29, 1.82) is 0 Å². The van der Waals surface area contributed by atoms with Crippen LogP contribution in [0.5, 0.6) is 0 Å². The van der Waals surface area contributed by atoms with Crippen LogP contribution < -0.4 is 5.32 Å². The number of hydrogen-bond donors (Lipinski definition) is 1. The minimum absolute atomic E-state index is 0.0866. The van der Waals surface area contributed by atoms with E-state index in [1.165, 1.54) is 0 Å². The third kappa shape index (κ3) is 3.05.